The molecule has 1 aromatic carbocycles. The number of hydrogen-bond acceptors (Lipinski definition) is 4. The number of carboxylic acids is 1. The van der Waals surface area contributed by atoms with Gasteiger partial charge in [0.1, 0.15) is 11.5 Å². The Morgan fingerprint density at radius 2 is 2.00 bits per heavy atom. The Bertz CT molecular complexity index is 417. The van der Waals surface area contributed by atoms with Crippen LogP contribution in [0.2, 0.25) is 0 Å². The average Bonchev–Trinajstić information content (AvgIpc) is 2.34. The van der Waals surface area contributed by atoms with Crippen LogP contribution in [0.25, 0.3) is 0 Å². The summed E-state index contributed by atoms with van der Waals surface area (Å²) in [6.07, 6.45) is 0. The minimum atomic E-state index is -0.868. The highest BCUT2D eigenvalue weighted by atomic mass is 16.5. The van der Waals surface area contributed by atoms with Crippen molar-refractivity contribution in [3.8, 4) is 11.5 Å². The Morgan fingerprint density at radius 3 is 2.44 bits per heavy atom. The van der Waals surface area contributed by atoms with Gasteiger partial charge in [-0.3, -0.25) is 4.79 Å². The van der Waals surface area contributed by atoms with Crippen molar-refractivity contribution in [2.45, 2.75) is 5.92 Å². The molecule has 18 heavy (non-hydrogen) atoms. The summed E-state index contributed by atoms with van der Waals surface area (Å²) in [5.74, 6) is -0.318. The molecule has 5 nitrogen and oxygen atoms in total. The maximum absolute atomic E-state index is 11.3. The molecule has 1 aromatic rings. The molecule has 0 fully saturated rings. The van der Waals surface area contributed by atoms with Crippen molar-refractivity contribution in [1.29, 1.82) is 0 Å². The molecule has 0 aliphatic rings. The lowest BCUT2D eigenvalue weighted by Crippen LogP contribution is -2.26. The van der Waals surface area contributed by atoms with Gasteiger partial charge in [0.15, 0.2) is 0 Å². The van der Waals surface area contributed by atoms with E-state index in [4.69, 9.17) is 9.47 Å². The molecule has 0 amide bonds. The van der Waals surface area contributed by atoms with Gasteiger partial charge in [-0.25, -0.2) is 0 Å². The van der Waals surface area contributed by atoms with E-state index in [-0.39, 0.29) is 0 Å². The van der Waals surface area contributed by atoms with Gasteiger partial charge in [0.2, 0.25) is 0 Å². The Kier molecular flexibility index (Phi) is 4.97. The first-order chi connectivity index (χ1) is 8.49. The summed E-state index contributed by atoms with van der Waals surface area (Å²) in [6, 6.07) is 5.17. The zero-order valence-electron chi connectivity index (χ0n) is 11.1. The molecule has 0 radical (unpaired) electrons. The highest BCUT2D eigenvalue weighted by Gasteiger charge is 2.24. The fourth-order valence-electron chi connectivity index (χ4n) is 1.78. The number of likely N-dealkylation sites (N-methyl/N-ethyl adjacent to an activating group) is 1. The van der Waals surface area contributed by atoms with Crippen LogP contribution in [0.3, 0.4) is 0 Å². The van der Waals surface area contributed by atoms with Crippen LogP contribution in [-0.4, -0.2) is 50.8 Å². The summed E-state index contributed by atoms with van der Waals surface area (Å²) in [5, 5.41) is 9.31. The molecule has 0 spiro atoms. The van der Waals surface area contributed by atoms with E-state index in [0.29, 0.717) is 23.6 Å². The van der Waals surface area contributed by atoms with Gasteiger partial charge in [-0.2, -0.15) is 0 Å². The molecular weight excluding hydrogens is 234 g/mol. The summed E-state index contributed by atoms with van der Waals surface area (Å²) >= 11 is 0. The van der Waals surface area contributed by atoms with Crippen LogP contribution in [-0.2, 0) is 4.79 Å². The second kappa shape index (κ2) is 6.26. The average molecular weight is 253 g/mol. The molecule has 0 bridgehead atoms. The quantitative estimate of drug-likeness (QED) is 0.831. The normalized spacial score (nSPS) is 12.3. The first kappa shape index (κ1) is 14.3. The predicted molar refractivity (Wildman–Crippen MR) is 68.5 cm³/mol. The monoisotopic (exact) mass is 253 g/mol. The minimum Gasteiger partial charge on any atom is -0.497 e. The molecule has 100 valence electrons. The Labute approximate surface area is 107 Å². The van der Waals surface area contributed by atoms with Crippen LogP contribution in [0.1, 0.15) is 11.5 Å². The van der Waals surface area contributed by atoms with Crippen molar-refractivity contribution < 1.29 is 19.4 Å². The standard InChI is InChI=1S/C13H19NO4/c1-14(2)8-11(13(15)16)10-6-5-9(17-3)7-12(10)18-4/h5-7,11H,8H2,1-4H3,(H,15,16). The van der Waals surface area contributed by atoms with Crippen molar-refractivity contribution in [2.24, 2.45) is 0 Å². The number of nitrogens with zero attached hydrogens (tertiary/aromatic N) is 1. The number of rotatable bonds is 6. The molecule has 1 N–H and O–H groups in total. The Hall–Kier alpha value is -1.75. The van der Waals surface area contributed by atoms with E-state index in [1.54, 1.807) is 25.3 Å². The summed E-state index contributed by atoms with van der Waals surface area (Å²) in [4.78, 5) is 13.2. The summed E-state index contributed by atoms with van der Waals surface area (Å²) < 4.78 is 10.3. The summed E-state index contributed by atoms with van der Waals surface area (Å²) in [5.41, 5.74) is 0.652. The summed E-state index contributed by atoms with van der Waals surface area (Å²) in [7, 11) is 6.76. The van der Waals surface area contributed by atoms with Crippen LogP contribution in [0.5, 0.6) is 11.5 Å². The maximum atomic E-state index is 11.3. The minimum absolute atomic E-state index is 0.415. The smallest absolute Gasteiger partial charge is 0.312 e. The third kappa shape index (κ3) is 3.37. The van der Waals surface area contributed by atoms with Gasteiger partial charge in [0.25, 0.3) is 0 Å². The topological polar surface area (TPSA) is 59.0 Å². The third-order valence-corrected chi connectivity index (χ3v) is 2.66. The van der Waals surface area contributed by atoms with Crippen molar-refractivity contribution in [2.75, 3.05) is 34.9 Å². The van der Waals surface area contributed by atoms with Gasteiger partial charge < -0.3 is 19.5 Å². The molecule has 5 heteroatoms. The molecule has 1 unspecified atom stereocenters. The van der Waals surface area contributed by atoms with Crippen molar-refractivity contribution >= 4 is 5.97 Å². The van der Waals surface area contributed by atoms with Crippen molar-refractivity contribution in [3.05, 3.63) is 23.8 Å². The van der Waals surface area contributed by atoms with Gasteiger partial charge in [-0.15, -0.1) is 0 Å². The zero-order valence-corrected chi connectivity index (χ0v) is 11.1. The van der Waals surface area contributed by atoms with Gasteiger partial charge in [-0.1, -0.05) is 6.07 Å². The highest BCUT2D eigenvalue weighted by molar-refractivity contribution is 5.77. The number of methoxy groups -OCH3 is 2. The van der Waals surface area contributed by atoms with E-state index in [1.165, 1.54) is 7.11 Å². The molecule has 0 aromatic heterocycles. The van der Waals surface area contributed by atoms with Crippen molar-refractivity contribution in [3.63, 3.8) is 0 Å². The van der Waals surface area contributed by atoms with E-state index in [9.17, 15) is 9.90 Å². The van der Waals surface area contributed by atoms with E-state index >= 15 is 0 Å². The second-order valence-electron chi connectivity index (χ2n) is 4.26. The van der Waals surface area contributed by atoms with Gasteiger partial charge >= 0.3 is 5.97 Å². The fraction of sp³-hybridized carbons (Fsp3) is 0.462. The Morgan fingerprint density at radius 1 is 1.33 bits per heavy atom. The first-order valence-electron chi connectivity index (χ1n) is 5.59. The number of benzene rings is 1. The van der Waals surface area contributed by atoms with Gasteiger partial charge in [-0.05, 0) is 20.2 Å². The lowest BCUT2D eigenvalue weighted by Gasteiger charge is -2.20. The molecule has 0 saturated heterocycles. The maximum Gasteiger partial charge on any atom is 0.312 e. The molecular formula is C13H19NO4. The predicted octanol–water partition coefficient (Wildman–Crippen LogP) is 1.43. The lowest BCUT2D eigenvalue weighted by atomic mass is 9.97. The van der Waals surface area contributed by atoms with Crippen molar-refractivity contribution in [1.82, 2.24) is 4.90 Å². The molecule has 1 atom stereocenters. The molecule has 0 aliphatic heterocycles. The van der Waals surface area contributed by atoms with Crippen LogP contribution < -0.4 is 9.47 Å². The number of aliphatic carboxylic acids is 1. The van der Waals surface area contributed by atoms with Crippen LogP contribution in [0.4, 0.5) is 0 Å². The number of hydrogen-bond donors (Lipinski definition) is 1. The van der Waals surface area contributed by atoms with Gasteiger partial charge in [0.05, 0.1) is 20.1 Å². The number of carbonyl (C=O) groups is 1. The van der Waals surface area contributed by atoms with E-state index in [1.807, 2.05) is 19.0 Å². The Balaban J connectivity index is 3.14. The van der Waals surface area contributed by atoms with E-state index in [0.717, 1.165) is 0 Å². The lowest BCUT2D eigenvalue weighted by molar-refractivity contribution is -0.139. The van der Waals surface area contributed by atoms with Crippen LogP contribution >= 0.6 is 0 Å². The van der Waals surface area contributed by atoms with Crippen LogP contribution in [0, 0.1) is 0 Å². The summed E-state index contributed by atoms with van der Waals surface area (Å²) in [6.45, 7) is 0.415. The largest absolute Gasteiger partial charge is 0.497 e. The molecule has 1 rings (SSSR count). The first-order valence-corrected chi connectivity index (χ1v) is 5.59. The third-order valence-electron chi connectivity index (χ3n) is 2.66. The van der Waals surface area contributed by atoms with Crippen LogP contribution in [0.15, 0.2) is 18.2 Å². The highest BCUT2D eigenvalue weighted by Crippen LogP contribution is 2.31. The zero-order chi connectivity index (χ0) is 13.7. The number of ether oxygens (including phenoxy) is 2. The van der Waals surface area contributed by atoms with E-state index < -0.39 is 11.9 Å². The fourth-order valence-corrected chi connectivity index (χ4v) is 1.78. The van der Waals surface area contributed by atoms with E-state index in [2.05, 4.69) is 0 Å². The molecule has 0 heterocycles. The SMILES string of the molecule is COc1ccc(C(CN(C)C)C(=O)O)c(OC)c1. The molecule has 0 aliphatic carbocycles. The second-order valence-corrected chi connectivity index (χ2v) is 4.26. The molecule has 0 saturated carbocycles. The number of carboxylic acid groups (broad SMARTS) is 1. The van der Waals surface area contributed by atoms with Gasteiger partial charge in [0, 0.05) is 18.2 Å².